The standard InChI is InChI=1S/C12H15ClN2O4S/c1-15(8-3-4-8)12(16)9-5-7(13)6-10(11(9)19-2)20(14,17)18/h5-6,8H,3-4H2,1-2H3,(H2,14,17,18). The summed E-state index contributed by atoms with van der Waals surface area (Å²) < 4.78 is 28.2. The van der Waals surface area contributed by atoms with E-state index in [2.05, 4.69) is 0 Å². The molecule has 0 unspecified atom stereocenters. The molecule has 1 amide bonds. The van der Waals surface area contributed by atoms with Gasteiger partial charge in [0, 0.05) is 18.1 Å². The van der Waals surface area contributed by atoms with Crippen LogP contribution in [0.3, 0.4) is 0 Å². The molecule has 0 aromatic heterocycles. The maximum absolute atomic E-state index is 12.4. The van der Waals surface area contributed by atoms with E-state index in [1.165, 1.54) is 19.2 Å². The van der Waals surface area contributed by atoms with Crippen LogP contribution in [0, 0.1) is 0 Å². The molecule has 0 saturated heterocycles. The lowest BCUT2D eigenvalue weighted by atomic mass is 10.1. The van der Waals surface area contributed by atoms with E-state index in [9.17, 15) is 13.2 Å². The second-order valence-electron chi connectivity index (χ2n) is 4.68. The summed E-state index contributed by atoms with van der Waals surface area (Å²) in [6.07, 6.45) is 1.88. The van der Waals surface area contributed by atoms with Crippen molar-refractivity contribution in [1.29, 1.82) is 0 Å². The maximum atomic E-state index is 12.4. The highest BCUT2D eigenvalue weighted by molar-refractivity contribution is 7.89. The van der Waals surface area contributed by atoms with Crippen LogP contribution in [0.2, 0.25) is 5.02 Å². The summed E-state index contributed by atoms with van der Waals surface area (Å²) in [6.45, 7) is 0. The van der Waals surface area contributed by atoms with Gasteiger partial charge < -0.3 is 9.64 Å². The number of halogens is 1. The Hall–Kier alpha value is -1.31. The Labute approximate surface area is 122 Å². The zero-order valence-corrected chi connectivity index (χ0v) is 12.7. The summed E-state index contributed by atoms with van der Waals surface area (Å²) in [5, 5.41) is 5.24. The fourth-order valence-corrected chi connectivity index (χ4v) is 2.99. The van der Waals surface area contributed by atoms with Crippen molar-refractivity contribution >= 4 is 27.5 Å². The summed E-state index contributed by atoms with van der Waals surface area (Å²) in [5.41, 5.74) is 0.0958. The highest BCUT2D eigenvalue weighted by atomic mass is 35.5. The fraction of sp³-hybridized carbons (Fsp3) is 0.417. The number of hydrogen-bond acceptors (Lipinski definition) is 4. The first-order valence-electron chi connectivity index (χ1n) is 5.93. The van der Waals surface area contributed by atoms with Gasteiger partial charge in [0.1, 0.15) is 4.90 Å². The van der Waals surface area contributed by atoms with Crippen molar-refractivity contribution in [3.63, 3.8) is 0 Å². The normalized spacial score (nSPS) is 15.0. The monoisotopic (exact) mass is 318 g/mol. The molecular formula is C12H15ClN2O4S. The Balaban J connectivity index is 2.57. The molecule has 1 aromatic carbocycles. The quantitative estimate of drug-likeness (QED) is 0.904. The number of carbonyl (C=O) groups excluding carboxylic acids is 1. The van der Waals surface area contributed by atoms with Crippen molar-refractivity contribution in [3.05, 3.63) is 22.7 Å². The molecule has 0 heterocycles. The van der Waals surface area contributed by atoms with Gasteiger partial charge in [-0.2, -0.15) is 0 Å². The van der Waals surface area contributed by atoms with E-state index in [0.717, 1.165) is 12.8 Å². The molecule has 8 heteroatoms. The first-order valence-corrected chi connectivity index (χ1v) is 7.85. The molecule has 2 N–H and O–H groups in total. The van der Waals surface area contributed by atoms with Crippen LogP contribution in [0.15, 0.2) is 17.0 Å². The lowest BCUT2D eigenvalue weighted by Crippen LogP contribution is -2.29. The number of primary sulfonamides is 1. The molecule has 2 rings (SSSR count). The Bertz CT molecular complexity index is 656. The van der Waals surface area contributed by atoms with Crippen LogP contribution in [0.1, 0.15) is 23.2 Å². The minimum absolute atomic E-state index is 0.0746. The van der Waals surface area contributed by atoms with Crippen molar-refractivity contribution in [2.24, 2.45) is 5.14 Å². The van der Waals surface area contributed by atoms with E-state index < -0.39 is 10.0 Å². The molecule has 20 heavy (non-hydrogen) atoms. The number of hydrogen-bond donors (Lipinski definition) is 1. The molecule has 110 valence electrons. The zero-order valence-electron chi connectivity index (χ0n) is 11.1. The van der Waals surface area contributed by atoms with Gasteiger partial charge >= 0.3 is 0 Å². The van der Waals surface area contributed by atoms with E-state index >= 15 is 0 Å². The van der Waals surface area contributed by atoms with Crippen LogP contribution in [0.4, 0.5) is 0 Å². The van der Waals surface area contributed by atoms with Crippen LogP contribution < -0.4 is 9.88 Å². The zero-order chi connectivity index (χ0) is 15.1. The van der Waals surface area contributed by atoms with Crippen LogP contribution >= 0.6 is 11.6 Å². The summed E-state index contributed by atoms with van der Waals surface area (Å²) in [7, 11) is -1.09. The van der Waals surface area contributed by atoms with Crippen molar-refractivity contribution in [2.75, 3.05) is 14.2 Å². The molecule has 0 radical (unpaired) electrons. The lowest BCUT2D eigenvalue weighted by molar-refractivity contribution is 0.0781. The SMILES string of the molecule is COc1c(C(=O)N(C)C2CC2)cc(Cl)cc1S(N)(=O)=O. The van der Waals surface area contributed by atoms with Crippen LogP contribution in [-0.4, -0.2) is 39.4 Å². The number of sulfonamides is 1. The predicted molar refractivity (Wildman–Crippen MR) is 74.5 cm³/mol. The van der Waals surface area contributed by atoms with Gasteiger partial charge in [0.25, 0.3) is 5.91 Å². The van der Waals surface area contributed by atoms with Crippen LogP contribution in [0.25, 0.3) is 0 Å². The van der Waals surface area contributed by atoms with Gasteiger partial charge in [0.05, 0.1) is 12.7 Å². The Morgan fingerprint density at radius 1 is 1.45 bits per heavy atom. The van der Waals surface area contributed by atoms with Gasteiger partial charge in [0.2, 0.25) is 10.0 Å². The first kappa shape index (κ1) is 15.1. The van der Waals surface area contributed by atoms with E-state index in [-0.39, 0.29) is 33.2 Å². The summed E-state index contributed by atoms with van der Waals surface area (Å²) in [6, 6.07) is 2.74. The number of benzene rings is 1. The number of nitrogens with two attached hydrogens (primary N) is 1. The van der Waals surface area contributed by atoms with Crippen molar-refractivity contribution < 1.29 is 17.9 Å². The molecular weight excluding hydrogens is 304 g/mol. The van der Waals surface area contributed by atoms with E-state index in [1.54, 1.807) is 11.9 Å². The Kier molecular flexibility index (Phi) is 3.95. The first-order chi connectivity index (χ1) is 9.25. The van der Waals surface area contributed by atoms with Crippen molar-refractivity contribution in [1.82, 2.24) is 4.90 Å². The second-order valence-corrected chi connectivity index (χ2v) is 6.64. The number of methoxy groups -OCH3 is 1. The molecule has 1 aromatic rings. The van der Waals surface area contributed by atoms with Gasteiger partial charge in [-0.1, -0.05) is 11.6 Å². The van der Waals surface area contributed by atoms with Gasteiger partial charge in [-0.25, -0.2) is 13.6 Å². The summed E-state index contributed by atoms with van der Waals surface area (Å²) in [4.78, 5) is 13.7. The lowest BCUT2D eigenvalue weighted by Gasteiger charge is -2.19. The molecule has 0 aliphatic heterocycles. The largest absolute Gasteiger partial charge is 0.494 e. The molecule has 6 nitrogen and oxygen atoms in total. The average Bonchev–Trinajstić information content (AvgIpc) is 3.19. The van der Waals surface area contributed by atoms with Crippen molar-refractivity contribution in [2.45, 2.75) is 23.8 Å². The van der Waals surface area contributed by atoms with Gasteiger partial charge in [-0.15, -0.1) is 0 Å². The molecule has 0 atom stereocenters. The minimum atomic E-state index is -4.03. The third-order valence-corrected chi connectivity index (χ3v) is 4.31. The topological polar surface area (TPSA) is 89.7 Å². The molecule has 1 aliphatic rings. The van der Waals surface area contributed by atoms with Crippen LogP contribution in [0.5, 0.6) is 5.75 Å². The molecule has 0 bridgehead atoms. The minimum Gasteiger partial charge on any atom is -0.494 e. The van der Waals surface area contributed by atoms with Crippen LogP contribution in [-0.2, 0) is 10.0 Å². The number of rotatable bonds is 4. The van der Waals surface area contributed by atoms with E-state index in [4.69, 9.17) is 21.5 Å². The van der Waals surface area contributed by atoms with E-state index in [1.807, 2.05) is 0 Å². The molecule has 1 aliphatic carbocycles. The number of amides is 1. The van der Waals surface area contributed by atoms with Crippen molar-refractivity contribution in [3.8, 4) is 5.75 Å². The van der Waals surface area contributed by atoms with Gasteiger partial charge in [-0.3, -0.25) is 4.79 Å². The number of ether oxygens (including phenoxy) is 1. The third-order valence-electron chi connectivity index (χ3n) is 3.18. The Morgan fingerprint density at radius 3 is 2.50 bits per heavy atom. The maximum Gasteiger partial charge on any atom is 0.257 e. The number of nitrogens with zero attached hydrogens (tertiary/aromatic N) is 1. The third kappa shape index (κ3) is 2.89. The second kappa shape index (κ2) is 5.23. The van der Waals surface area contributed by atoms with Gasteiger partial charge in [-0.05, 0) is 25.0 Å². The predicted octanol–water partition coefficient (Wildman–Crippen LogP) is 1.23. The molecule has 1 fully saturated rings. The summed E-state index contributed by atoms with van der Waals surface area (Å²) >= 11 is 5.88. The van der Waals surface area contributed by atoms with Gasteiger partial charge in [0.15, 0.2) is 5.75 Å². The smallest absolute Gasteiger partial charge is 0.257 e. The average molecular weight is 319 g/mol. The van der Waals surface area contributed by atoms with E-state index in [0.29, 0.717) is 0 Å². The Morgan fingerprint density at radius 2 is 2.05 bits per heavy atom. The highest BCUT2D eigenvalue weighted by Crippen LogP contribution is 2.34. The fourth-order valence-electron chi connectivity index (χ4n) is 1.97. The molecule has 1 saturated carbocycles. The summed E-state index contributed by atoms with van der Waals surface area (Å²) in [5.74, 6) is -0.411. The highest BCUT2D eigenvalue weighted by Gasteiger charge is 2.33. The number of carbonyl (C=O) groups is 1. The molecule has 0 spiro atoms.